The highest BCUT2D eigenvalue weighted by atomic mass is 32.1. The first-order valence-electron chi connectivity index (χ1n) is 10.5. The largest absolute Gasteiger partial charge is 0.486 e. The molecule has 9 heteroatoms. The van der Waals surface area contributed by atoms with Gasteiger partial charge in [0.05, 0.1) is 0 Å². The number of hydrogen-bond donors (Lipinski definition) is 1. The van der Waals surface area contributed by atoms with Crippen molar-refractivity contribution in [3.8, 4) is 5.75 Å². The number of nitrogens with zero attached hydrogens (tertiary/aromatic N) is 3. The Kier molecular flexibility index (Phi) is 7.06. The lowest BCUT2D eigenvalue weighted by Gasteiger charge is -2.20. The predicted molar refractivity (Wildman–Crippen MR) is 119 cm³/mol. The summed E-state index contributed by atoms with van der Waals surface area (Å²) in [7, 11) is 0. The number of hydrogen-bond acceptors (Lipinski definition) is 6. The molecule has 0 saturated carbocycles. The highest BCUT2D eigenvalue weighted by molar-refractivity contribution is 7.13. The molecule has 4 rings (SSSR count). The third kappa shape index (κ3) is 5.67. The summed E-state index contributed by atoms with van der Waals surface area (Å²) in [6.45, 7) is 1.72. The number of carbonyl (C=O) groups excluding carboxylic acids is 2. The molecule has 0 unspecified atom stereocenters. The smallest absolute Gasteiger partial charge is 0.286 e. The van der Waals surface area contributed by atoms with E-state index < -0.39 is 0 Å². The van der Waals surface area contributed by atoms with Gasteiger partial charge < -0.3 is 15.0 Å². The first-order valence-corrected chi connectivity index (χ1v) is 11.3. The van der Waals surface area contributed by atoms with Gasteiger partial charge in [0.2, 0.25) is 5.01 Å². The van der Waals surface area contributed by atoms with Crippen molar-refractivity contribution < 1.29 is 18.7 Å². The maximum Gasteiger partial charge on any atom is 0.286 e. The molecule has 1 aromatic heterocycles. The van der Waals surface area contributed by atoms with Crippen molar-refractivity contribution in [2.75, 3.05) is 18.4 Å². The van der Waals surface area contributed by atoms with E-state index in [-0.39, 0.29) is 29.2 Å². The fraction of sp³-hybridized carbons (Fsp3) is 0.304. The monoisotopic (exact) mass is 454 g/mol. The third-order valence-electron chi connectivity index (χ3n) is 5.12. The molecular weight excluding hydrogens is 431 g/mol. The molecule has 2 aromatic carbocycles. The van der Waals surface area contributed by atoms with E-state index in [9.17, 15) is 14.0 Å². The number of amides is 2. The number of aromatic nitrogens is 2. The number of carbonyl (C=O) groups is 2. The Hall–Kier alpha value is -3.33. The SMILES string of the molecule is O=C(Nc1ccc(C(=O)N2CCCCCC2)cc1)c1nnc(COc2ccc(F)cc2)s1. The van der Waals surface area contributed by atoms with Gasteiger partial charge in [0.1, 0.15) is 18.2 Å². The van der Waals surface area contributed by atoms with E-state index in [0.717, 1.165) is 37.3 Å². The molecule has 0 aliphatic carbocycles. The maximum absolute atomic E-state index is 12.9. The summed E-state index contributed by atoms with van der Waals surface area (Å²) < 4.78 is 18.5. The highest BCUT2D eigenvalue weighted by Gasteiger charge is 2.18. The van der Waals surface area contributed by atoms with E-state index in [0.29, 0.717) is 22.0 Å². The second-order valence-electron chi connectivity index (χ2n) is 7.48. The zero-order chi connectivity index (χ0) is 22.3. The number of anilines is 1. The summed E-state index contributed by atoms with van der Waals surface area (Å²) in [6, 6.07) is 12.5. The quantitative estimate of drug-likeness (QED) is 0.592. The van der Waals surface area contributed by atoms with Crippen LogP contribution in [0.15, 0.2) is 48.5 Å². The molecule has 2 amide bonds. The summed E-state index contributed by atoms with van der Waals surface area (Å²) >= 11 is 1.12. The van der Waals surface area contributed by atoms with Crippen LogP contribution >= 0.6 is 11.3 Å². The van der Waals surface area contributed by atoms with Crippen molar-refractivity contribution in [2.45, 2.75) is 32.3 Å². The van der Waals surface area contributed by atoms with E-state index in [4.69, 9.17) is 4.74 Å². The summed E-state index contributed by atoms with van der Waals surface area (Å²) in [4.78, 5) is 27.1. The standard InChI is InChI=1S/C23H23FN4O3S/c24-17-7-11-19(12-8-17)31-15-20-26-27-22(32-20)21(29)25-18-9-5-16(6-10-18)23(30)28-13-3-1-2-4-14-28/h5-12H,1-4,13-15H2,(H,25,29). The molecule has 1 aliphatic heterocycles. The average molecular weight is 455 g/mol. The van der Waals surface area contributed by atoms with Gasteiger partial charge >= 0.3 is 0 Å². The molecule has 0 bridgehead atoms. The molecule has 0 atom stereocenters. The van der Waals surface area contributed by atoms with Crippen molar-refractivity contribution in [1.29, 1.82) is 0 Å². The summed E-state index contributed by atoms with van der Waals surface area (Å²) in [6.07, 6.45) is 4.41. The number of rotatable bonds is 6. The predicted octanol–water partition coefficient (Wildman–Crippen LogP) is 4.52. The molecule has 1 aliphatic rings. The van der Waals surface area contributed by atoms with Crippen LogP contribution in [0.25, 0.3) is 0 Å². The Balaban J connectivity index is 1.31. The van der Waals surface area contributed by atoms with Crippen LogP contribution in [0, 0.1) is 5.82 Å². The number of likely N-dealkylation sites (tertiary alicyclic amines) is 1. The van der Waals surface area contributed by atoms with Crippen LogP contribution < -0.4 is 10.1 Å². The lowest BCUT2D eigenvalue weighted by atomic mass is 10.1. The Morgan fingerprint density at radius 3 is 2.34 bits per heavy atom. The second-order valence-corrected chi connectivity index (χ2v) is 8.54. The Labute approximate surface area is 189 Å². The molecule has 2 heterocycles. The molecule has 0 spiro atoms. The van der Waals surface area contributed by atoms with Crippen LogP contribution in [0.3, 0.4) is 0 Å². The van der Waals surface area contributed by atoms with Crippen LogP contribution in [-0.2, 0) is 6.61 Å². The van der Waals surface area contributed by atoms with Gasteiger partial charge in [-0.1, -0.05) is 24.2 Å². The molecule has 7 nitrogen and oxygen atoms in total. The van der Waals surface area contributed by atoms with E-state index in [1.165, 1.54) is 37.1 Å². The second kappa shape index (κ2) is 10.3. The normalized spacial score (nSPS) is 14.0. The van der Waals surface area contributed by atoms with Crippen LogP contribution in [-0.4, -0.2) is 40.0 Å². The Morgan fingerprint density at radius 2 is 1.66 bits per heavy atom. The lowest BCUT2D eigenvalue weighted by molar-refractivity contribution is 0.0761. The van der Waals surface area contributed by atoms with E-state index in [1.54, 1.807) is 24.3 Å². The minimum atomic E-state index is -0.387. The van der Waals surface area contributed by atoms with Crippen LogP contribution in [0.2, 0.25) is 0 Å². The van der Waals surface area contributed by atoms with Crippen molar-refractivity contribution in [2.24, 2.45) is 0 Å². The molecule has 0 radical (unpaired) electrons. The van der Waals surface area contributed by atoms with Crippen molar-refractivity contribution in [1.82, 2.24) is 15.1 Å². The van der Waals surface area contributed by atoms with Gasteiger partial charge in [0.15, 0.2) is 5.01 Å². The number of benzene rings is 2. The topological polar surface area (TPSA) is 84.4 Å². The van der Waals surface area contributed by atoms with Crippen LogP contribution in [0.4, 0.5) is 10.1 Å². The zero-order valence-electron chi connectivity index (χ0n) is 17.4. The van der Waals surface area contributed by atoms with Gasteiger partial charge in [-0.15, -0.1) is 10.2 Å². The van der Waals surface area contributed by atoms with Crippen molar-refractivity contribution in [3.63, 3.8) is 0 Å². The number of nitrogens with one attached hydrogen (secondary N) is 1. The molecule has 1 fully saturated rings. The molecule has 166 valence electrons. The van der Waals surface area contributed by atoms with E-state index in [2.05, 4.69) is 15.5 Å². The van der Waals surface area contributed by atoms with Gasteiger partial charge in [-0.2, -0.15) is 0 Å². The van der Waals surface area contributed by atoms with Gasteiger partial charge in [-0.25, -0.2) is 4.39 Å². The fourth-order valence-electron chi connectivity index (χ4n) is 3.42. The average Bonchev–Trinajstić information content (AvgIpc) is 3.12. The molecule has 32 heavy (non-hydrogen) atoms. The van der Waals surface area contributed by atoms with Crippen LogP contribution in [0.5, 0.6) is 5.75 Å². The van der Waals surface area contributed by atoms with Crippen molar-refractivity contribution >= 4 is 28.8 Å². The van der Waals surface area contributed by atoms with E-state index in [1.807, 2.05) is 4.90 Å². The van der Waals surface area contributed by atoms with Crippen molar-refractivity contribution in [3.05, 3.63) is 69.9 Å². The first-order chi connectivity index (χ1) is 15.6. The van der Waals surface area contributed by atoms with Gasteiger partial charge in [0, 0.05) is 24.3 Å². The summed E-state index contributed by atoms with van der Waals surface area (Å²) in [5.74, 6) is -0.198. The zero-order valence-corrected chi connectivity index (χ0v) is 18.2. The molecule has 1 saturated heterocycles. The first kappa shape index (κ1) is 21.9. The Morgan fingerprint density at radius 1 is 0.969 bits per heavy atom. The minimum absolute atomic E-state index is 0.0275. The molecular formula is C23H23FN4O3S. The number of halogens is 1. The molecule has 1 N–H and O–H groups in total. The summed E-state index contributed by atoms with van der Waals surface area (Å²) in [5, 5.41) is 11.4. The molecule has 3 aromatic rings. The summed E-state index contributed by atoms with van der Waals surface area (Å²) in [5.41, 5.74) is 1.18. The Bertz CT molecular complexity index is 1060. The number of ether oxygens (including phenoxy) is 1. The van der Waals surface area contributed by atoms with E-state index >= 15 is 0 Å². The minimum Gasteiger partial charge on any atom is -0.486 e. The van der Waals surface area contributed by atoms with Gasteiger partial charge in [-0.05, 0) is 61.4 Å². The fourth-order valence-corrected chi connectivity index (χ4v) is 4.06. The van der Waals surface area contributed by atoms with Crippen LogP contribution in [0.1, 0.15) is 50.9 Å². The lowest BCUT2D eigenvalue weighted by Crippen LogP contribution is -2.31. The highest BCUT2D eigenvalue weighted by Crippen LogP contribution is 2.19. The maximum atomic E-state index is 12.9. The third-order valence-corrected chi connectivity index (χ3v) is 6.02. The van der Waals surface area contributed by atoms with Gasteiger partial charge in [0.25, 0.3) is 11.8 Å². The van der Waals surface area contributed by atoms with Gasteiger partial charge in [-0.3, -0.25) is 9.59 Å².